The van der Waals surface area contributed by atoms with Crippen molar-refractivity contribution in [3.8, 4) is 17.2 Å². The summed E-state index contributed by atoms with van der Waals surface area (Å²) < 4.78 is 27.3. The minimum atomic E-state index is -3.11. The van der Waals surface area contributed by atoms with Gasteiger partial charge in [0.2, 0.25) is 5.91 Å². The number of rotatable bonds is 4. The van der Waals surface area contributed by atoms with Crippen LogP contribution in [-0.2, 0) is 17.8 Å². The fourth-order valence-electron chi connectivity index (χ4n) is 4.73. The molecule has 0 saturated carbocycles. The van der Waals surface area contributed by atoms with E-state index in [1.54, 1.807) is 12.1 Å². The molecule has 1 fully saturated rings. The first kappa shape index (κ1) is 22.9. The zero-order chi connectivity index (χ0) is 24.6. The number of aromatic nitrogens is 1. The Balaban J connectivity index is 1.37. The van der Waals surface area contributed by atoms with E-state index in [-0.39, 0.29) is 0 Å². The van der Waals surface area contributed by atoms with E-state index < -0.39 is 43.3 Å². The fourth-order valence-corrected chi connectivity index (χ4v) is 4.73. The number of carbonyl (C=O) groups is 2. The normalized spacial score (nSPS) is 18.7. The third-order valence-electron chi connectivity index (χ3n) is 6.55. The molecule has 0 radical (unpaired) electrons. The van der Waals surface area contributed by atoms with Crippen molar-refractivity contribution in [2.45, 2.75) is 31.4 Å². The van der Waals surface area contributed by atoms with E-state index in [2.05, 4.69) is 33.8 Å². The molecule has 3 heterocycles. The topological polar surface area (TPSA) is 98.1 Å². The van der Waals surface area contributed by atoms with Gasteiger partial charge >= 0.3 is 0 Å². The molecule has 2 amide bonds. The highest BCUT2D eigenvalue weighted by atomic mass is 19.3. The minimum absolute atomic E-state index is 0.329. The quantitative estimate of drug-likeness (QED) is 0.605. The number of alkyl halides is 2. The Labute approximate surface area is 200 Å². The van der Waals surface area contributed by atoms with Crippen LogP contribution in [-0.4, -0.2) is 53.3 Å². The van der Waals surface area contributed by atoms with Crippen LogP contribution in [0.25, 0.3) is 22.0 Å². The van der Waals surface area contributed by atoms with Crippen LogP contribution in [0, 0.1) is 11.3 Å². The summed E-state index contributed by atoms with van der Waals surface area (Å²) in [5, 5.41) is 15.6. The van der Waals surface area contributed by atoms with Crippen LogP contribution in [0.2, 0.25) is 0 Å². The van der Waals surface area contributed by atoms with Gasteiger partial charge in [0.05, 0.1) is 30.2 Å². The van der Waals surface area contributed by atoms with E-state index in [0.717, 1.165) is 35.5 Å². The molecule has 7 nitrogen and oxygen atoms in total. The van der Waals surface area contributed by atoms with Crippen molar-refractivity contribution in [2.75, 3.05) is 19.6 Å². The molecule has 0 aliphatic carbocycles. The molecule has 35 heavy (non-hydrogen) atoms. The molecular formula is C26H23F2N5O2. The standard InChI is InChI=1S/C26H23F2N5O2/c27-26(28)11-20(12-29)33(15-26)24(34)14-32-25(35)21-6-8-31-23-4-3-17(10-22(21)23)16-1-2-19-13-30-7-5-18(19)9-16/h1-4,6,8-10,20,30H,5,7,11,13-15H2,(H,32,35). The van der Waals surface area contributed by atoms with Gasteiger partial charge in [-0.25, -0.2) is 8.78 Å². The summed E-state index contributed by atoms with van der Waals surface area (Å²) in [5.41, 5.74) is 5.51. The summed E-state index contributed by atoms with van der Waals surface area (Å²) in [6, 6.07) is 14.1. The number of amides is 2. The Kier molecular flexibility index (Phi) is 5.91. The number of benzene rings is 2. The Hall–Kier alpha value is -3.90. The van der Waals surface area contributed by atoms with Crippen LogP contribution in [0.1, 0.15) is 27.9 Å². The largest absolute Gasteiger partial charge is 0.343 e. The van der Waals surface area contributed by atoms with Crippen molar-refractivity contribution < 1.29 is 18.4 Å². The lowest BCUT2D eigenvalue weighted by atomic mass is 9.94. The molecule has 2 aromatic carbocycles. The second-order valence-corrected chi connectivity index (χ2v) is 8.91. The fraction of sp³-hybridized carbons (Fsp3) is 0.308. The molecule has 1 aromatic heterocycles. The summed E-state index contributed by atoms with van der Waals surface area (Å²) in [6.45, 7) is 0.490. The first-order chi connectivity index (χ1) is 16.8. The number of nitrogens with zero attached hydrogens (tertiary/aromatic N) is 3. The molecule has 1 atom stereocenters. The van der Waals surface area contributed by atoms with Crippen LogP contribution in [0.3, 0.4) is 0 Å². The lowest BCUT2D eigenvalue weighted by molar-refractivity contribution is -0.131. The highest BCUT2D eigenvalue weighted by Gasteiger charge is 2.47. The summed E-state index contributed by atoms with van der Waals surface area (Å²) >= 11 is 0. The van der Waals surface area contributed by atoms with Crippen LogP contribution >= 0.6 is 0 Å². The number of nitrogens with one attached hydrogen (secondary N) is 2. The Morgan fingerprint density at radius 1 is 1.17 bits per heavy atom. The molecule has 1 saturated heterocycles. The van der Waals surface area contributed by atoms with Gasteiger partial charge in [-0.2, -0.15) is 5.26 Å². The maximum atomic E-state index is 13.7. The van der Waals surface area contributed by atoms with Crippen molar-refractivity contribution in [3.05, 3.63) is 65.4 Å². The van der Waals surface area contributed by atoms with Crippen molar-refractivity contribution in [2.24, 2.45) is 0 Å². The molecule has 0 bridgehead atoms. The predicted molar refractivity (Wildman–Crippen MR) is 126 cm³/mol. The number of halogens is 2. The highest BCUT2D eigenvalue weighted by Crippen LogP contribution is 2.32. The van der Waals surface area contributed by atoms with Gasteiger partial charge in [-0.3, -0.25) is 14.6 Å². The third-order valence-corrected chi connectivity index (χ3v) is 6.55. The molecule has 3 aromatic rings. The van der Waals surface area contributed by atoms with E-state index in [1.807, 2.05) is 18.2 Å². The average Bonchev–Trinajstić information content (AvgIpc) is 3.20. The Bertz CT molecular complexity index is 1370. The van der Waals surface area contributed by atoms with Gasteiger partial charge in [0.25, 0.3) is 11.8 Å². The van der Waals surface area contributed by atoms with E-state index in [9.17, 15) is 18.4 Å². The maximum Gasteiger partial charge on any atom is 0.268 e. The van der Waals surface area contributed by atoms with Crippen molar-refractivity contribution in [1.29, 1.82) is 5.26 Å². The van der Waals surface area contributed by atoms with Crippen molar-refractivity contribution in [3.63, 3.8) is 0 Å². The lowest BCUT2D eigenvalue weighted by Gasteiger charge is -2.19. The maximum absolute atomic E-state index is 13.7. The van der Waals surface area contributed by atoms with Gasteiger partial charge in [-0.1, -0.05) is 24.3 Å². The zero-order valence-electron chi connectivity index (χ0n) is 18.9. The second kappa shape index (κ2) is 9.04. The average molecular weight is 475 g/mol. The molecule has 9 heteroatoms. The summed E-state index contributed by atoms with van der Waals surface area (Å²) in [7, 11) is 0. The monoisotopic (exact) mass is 475 g/mol. The first-order valence-electron chi connectivity index (χ1n) is 11.4. The summed E-state index contributed by atoms with van der Waals surface area (Å²) in [5.74, 6) is -4.34. The molecule has 2 aliphatic heterocycles. The first-order valence-corrected chi connectivity index (χ1v) is 11.4. The number of fused-ring (bicyclic) bond motifs is 2. The van der Waals surface area contributed by atoms with Crippen molar-refractivity contribution in [1.82, 2.24) is 20.5 Å². The predicted octanol–water partition coefficient (Wildman–Crippen LogP) is 3.04. The summed E-state index contributed by atoms with van der Waals surface area (Å²) in [6.07, 6.45) is 1.77. The number of nitriles is 1. The molecule has 2 N–H and O–H groups in total. The van der Waals surface area contributed by atoms with Crippen molar-refractivity contribution >= 4 is 22.7 Å². The summed E-state index contributed by atoms with van der Waals surface area (Å²) in [4.78, 5) is 30.6. The number of carbonyl (C=O) groups excluding carboxylic acids is 2. The second-order valence-electron chi connectivity index (χ2n) is 8.91. The van der Waals surface area contributed by atoms with Gasteiger partial charge in [-0.15, -0.1) is 0 Å². The van der Waals surface area contributed by atoms with Gasteiger partial charge in [0.1, 0.15) is 6.04 Å². The smallest absolute Gasteiger partial charge is 0.268 e. The third kappa shape index (κ3) is 4.57. The van der Waals surface area contributed by atoms with E-state index in [1.165, 1.54) is 17.3 Å². The lowest BCUT2D eigenvalue weighted by Crippen LogP contribution is -2.43. The zero-order valence-corrected chi connectivity index (χ0v) is 18.9. The van der Waals surface area contributed by atoms with Crippen LogP contribution in [0.15, 0.2) is 48.7 Å². The van der Waals surface area contributed by atoms with Crippen LogP contribution < -0.4 is 10.6 Å². The number of hydrogen-bond acceptors (Lipinski definition) is 5. The SMILES string of the molecule is N#CC1CC(F)(F)CN1C(=O)CNC(=O)c1ccnc2ccc(-c3ccc4c(c3)CCNC4)cc12. The van der Waals surface area contributed by atoms with Gasteiger partial charge < -0.3 is 15.5 Å². The van der Waals surface area contributed by atoms with Crippen LogP contribution in [0.4, 0.5) is 8.78 Å². The van der Waals surface area contributed by atoms with Gasteiger partial charge in [0, 0.05) is 24.5 Å². The molecule has 5 rings (SSSR count). The molecule has 1 unspecified atom stereocenters. The van der Waals surface area contributed by atoms with E-state index in [0.29, 0.717) is 16.5 Å². The Morgan fingerprint density at radius 2 is 1.97 bits per heavy atom. The number of pyridine rings is 1. The molecule has 2 aliphatic rings. The number of likely N-dealkylation sites (tertiary alicyclic amines) is 1. The highest BCUT2D eigenvalue weighted by molar-refractivity contribution is 6.07. The van der Waals surface area contributed by atoms with Gasteiger partial charge in [-0.05, 0) is 53.4 Å². The molecular weight excluding hydrogens is 452 g/mol. The van der Waals surface area contributed by atoms with E-state index in [4.69, 9.17) is 5.26 Å². The van der Waals surface area contributed by atoms with E-state index >= 15 is 0 Å². The minimum Gasteiger partial charge on any atom is -0.343 e. The molecule has 178 valence electrons. The molecule has 0 spiro atoms. The van der Waals surface area contributed by atoms with Crippen LogP contribution in [0.5, 0.6) is 0 Å². The van der Waals surface area contributed by atoms with Gasteiger partial charge in [0.15, 0.2) is 0 Å². The Morgan fingerprint density at radius 3 is 2.80 bits per heavy atom. The number of hydrogen-bond donors (Lipinski definition) is 2.